The van der Waals surface area contributed by atoms with Crippen LogP contribution in [0.1, 0.15) is 29.1 Å². The molecule has 136 valence electrons. The molecule has 0 aliphatic heterocycles. The highest BCUT2D eigenvalue weighted by atomic mass is 79.9. The second-order valence-corrected chi connectivity index (χ2v) is 8.59. The highest BCUT2D eigenvalue weighted by Gasteiger charge is 2.23. The Morgan fingerprint density at radius 1 is 1.24 bits per heavy atom. The van der Waals surface area contributed by atoms with E-state index in [9.17, 15) is 13.2 Å². The number of ether oxygens (including phenoxy) is 2. The Morgan fingerprint density at radius 3 is 2.60 bits per heavy atom. The van der Waals surface area contributed by atoms with Crippen LogP contribution in [-0.2, 0) is 14.8 Å². The number of anilines is 1. The molecule has 2 aromatic rings. The maximum absolute atomic E-state index is 12.7. The van der Waals surface area contributed by atoms with Gasteiger partial charge in [-0.2, -0.15) is 0 Å². The fourth-order valence-electron chi connectivity index (χ4n) is 2.09. The van der Waals surface area contributed by atoms with E-state index in [2.05, 4.69) is 20.7 Å². The Kier molecular flexibility index (Phi) is 6.47. The van der Waals surface area contributed by atoms with Crippen LogP contribution < -0.4 is 9.46 Å². The molecule has 0 saturated carbocycles. The van der Waals surface area contributed by atoms with Crippen molar-refractivity contribution in [2.45, 2.75) is 25.7 Å². The van der Waals surface area contributed by atoms with E-state index < -0.39 is 16.0 Å². The maximum Gasteiger partial charge on any atom is 0.348 e. The topological polar surface area (TPSA) is 81.7 Å². The van der Waals surface area contributed by atoms with Crippen molar-refractivity contribution in [3.8, 4) is 5.75 Å². The fraction of sp³-hybridized carbons (Fsp3) is 0.312. The average Bonchev–Trinajstić information content (AvgIpc) is 2.89. The zero-order valence-electron chi connectivity index (χ0n) is 14.0. The molecule has 9 heteroatoms. The van der Waals surface area contributed by atoms with E-state index in [0.717, 1.165) is 11.3 Å². The third-order valence-corrected chi connectivity index (χ3v) is 6.25. The van der Waals surface area contributed by atoms with Crippen molar-refractivity contribution in [1.82, 2.24) is 0 Å². The van der Waals surface area contributed by atoms with Gasteiger partial charge in [-0.05, 0) is 50.6 Å². The summed E-state index contributed by atoms with van der Waals surface area (Å²) in [7, 11) is -3.88. The Bertz CT molecular complexity index is 877. The van der Waals surface area contributed by atoms with Gasteiger partial charge in [-0.25, -0.2) is 13.2 Å². The molecule has 0 unspecified atom stereocenters. The minimum absolute atomic E-state index is 0.0208. The van der Waals surface area contributed by atoms with Crippen molar-refractivity contribution in [2.75, 3.05) is 17.9 Å². The monoisotopic (exact) mass is 447 g/mol. The first-order chi connectivity index (χ1) is 11.8. The quantitative estimate of drug-likeness (QED) is 0.643. The Hall–Kier alpha value is -1.58. The first-order valence-corrected chi connectivity index (χ1v) is 10.6. The van der Waals surface area contributed by atoms with Gasteiger partial charge in [0.2, 0.25) is 0 Å². The summed E-state index contributed by atoms with van der Waals surface area (Å²) in [6.07, 6.45) is 0. The van der Waals surface area contributed by atoms with E-state index in [0.29, 0.717) is 26.5 Å². The molecule has 1 heterocycles. The Morgan fingerprint density at radius 2 is 1.96 bits per heavy atom. The molecule has 6 nitrogen and oxygen atoms in total. The second kappa shape index (κ2) is 8.20. The van der Waals surface area contributed by atoms with Gasteiger partial charge in [0.05, 0.1) is 13.2 Å². The number of carbonyl (C=O) groups is 1. The number of hydrogen-bond acceptors (Lipinski definition) is 6. The van der Waals surface area contributed by atoms with Gasteiger partial charge in [0.25, 0.3) is 10.0 Å². The van der Waals surface area contributed by atoms with Crippen LogP contribution in [-0.4, -0.2) is 27.6 Å². The van der Waals surface area contributed by atoms with E-state index >= 15 is 0 Å². The van der Waals surface area contributed by atoms with Crippen LogP contribution in [0, 0.1) is 6.92 Å². The minimum Gasteiger partial charge on any atom is -0.492 e. The zero-order valence-corrected chi connectivity index (χ0v) is 17.2. The van der Waals surface area contributed by atoms with Crippen molar-refractivity contribution in [3.63, 3.8) is 0 Å². The largest absolute Gasteiger partial charge is 0.492 e. The fourth-order valence-corrected chi connectivity index (χ4v) is 5.02. The number of hydrogen-bond donors (Lipinski definition) is 1. The van der Waals surface area contributed by atoms with Crippen molar-refractivity contribution in [1.29, 1.82) is 0 Å². The van der Waals surface area contributed by atoms with E-state index in [1.807, 2.05) is 0 Å². The van der Waals surface area contributed by atoms with Gasteiger partial charge in [-0.1, -0.05) is 15.9 Å². The summed E-state index contributed by atoms with van der Waals surface area (Å²) in [6, 6.07) is 6.37. The number of benzene rings is 1. The van der Waals surface area contributed by atoms with Gasteiger partial charge in [0, 0.05) is 4.47 Å². The number of nitrogens with one attached hydrogen (secondary N) is 1. The highest BCUT2D eigenvalue weighted by Crippen LogP contribution is 2.33. The lowest BCUT2D eigenvalue weighted by molar-refractivity contribution is 0.0531. The number of carbonyl (C=O) groups excluding carboxylic acids is 1. The number of sulfonamides is 1. The van der Waals surface area contributed by atoms with Crippen LogP contribution in [0.4, 0.5) is 5.00 Å². The molecule has 0 aliphatic carbocycles. The molecular weight excluding hydrogens is 430 g/mol. The molecule has 0 fully saturated rings. The summed E-state index contributed by atoms with van der Waals surface area (Å²) in [4.78, 5) is 12.3. The molecule has 2 rings (SSSR count). The van der Waals surface area contributed by atoms with Gasteiger partial charge in [0.15, 0.2) is 0 Å². The van der Waals surface area contributed by atoms with Gasteiger partial charge >= 0.3 is 5.97 Å². The SMILES string of the molecule is CCOC(=O)c1sc(NS(=O)(=O)c2cc(Br)ccc2OCC)cc1C. The number of aryl methyl sites for hydroxylation is 1. The Labute approximate surface area is 159 Å². The average molecular weight is 448 g/mol. The minimum atomic E-state index is -3.88. The molecule has 0 atom stereocenters. The number of rotatable bonds is 7. The molecule has 25 heavy (non-hydrogen) atoms. The molecule has 0 bridgehead atoms. The van der Waals surface area contributed by atoms with E-state index in [-0.39, 0.29) is 17.3 Å². The molecule has 1 aromatic heterocycles. The predicted octanol–water partition coefficient (Wildman–Crippen LogP) is 4.20. The number of thiophene rings is 1. The van der Waals surface area contributed by atoms with Gasteiger partial charge in [-0.3, -0.25) is 4.72 Å². The molecule has 0 saturated heterocycles. The standard InChI is InChI=1S/C16H18BrNO5S2/c1-4-22-12-7-6-11(17)9-13(12)25(20,21)18-14-8-10(3)15(24-14)16(19)23-5-2/h6-9,18H,4-5H2,1-3H3. The molecule has 0 aliphatic rings. The van der Waals surface area contributed by atoms with Gasteiger partial charge in [0.1, 0.15) is 20.5 Å². The third-order valence-electron chi connectivity index (χ3n) is 3.11. The first kappa shape index (κ1) is 19.7. The van der Waals surface area contributed by atoms with Crippen molar-refractivity contribution < 1.29 is 22.7 Å². The van der Waals surface area contributed by atoms with Gasteiger partial charge < -0.3 is 9.47 Å². The number of esters is 1. The number of halogens is 1. The highest BCUT2D eigenvalue weighted by molar-refractivity contribution is 9.10. The van der Waals surface area contributed by atoms with E-state index in [1.54, 1.807) is 39.0 Å². The lowest BCUT2D eigenvalue weighted by atomic mass is 10.3. The first-order valence-electron chi connectivity index (χ1n) is 7.51. The summed E-state index contributed by atoms with van der Waals surface area (Å²) >= 11 is 4.31. The van der Waals surface area contributed by atoms with Crippen LogP contribution in [0.5, 0.6) is 5.75 Å². The summed E-state index contributed by atoms with van der Waals surface area (Å²) < 4.78 is 39.0. The van der Waals surface area contributed by atoms with Crippen LogP contribution in [0.3, 0.4) is 0 Å². The second-order valence-electron chi connectivity index (χ2n) is 4.97. The van der Waals surface area contributed by atoms with E-state index in [1.165, 1.54) is 6.07 Å². The maximum atomic E-state index is 12.7. The lowest BCUT2D eigenvalue weighted by Crippen LogP contribution is -2.14. The molecule has 0 amide bonds. The smallest absolute Gasteiger partial charge is 0.348 e. The summed E-state index contributed by atoms with van der Waals surface area (Å²) in [5.41, 5.74) is 0.653. The summed E-state index contributed by atoms with van der Waals surface area (Å²) in [5.74, 6) is -0.204. The normalized spacial score (nSPS) is 11.2. The molecule has 0 radical (unpaired) electrons. The van der Waals surface area contributed by atoms with E-state index in [4.69, 9.17) is 9.47 Å². The van der Waals surface area contributed by atoms with Crippen LogP contribution in [0.25, 0.3) is 0 Å². The predicted molar refractivity (Wildman–Crippen MR) is 101 cm³/mol. The lowest BCUT2D eigenvalue weighted by Gasteiger charge is -2.12. The molecule has 0 spiro atoms. The van der Waals surface area contributed by atoms with Crippen LogP contribution in [0.2, 0.25) is 0 Å². The Balaban J connectivity index is 2.35. The summed E-state index contributed by atoms with van der Waals surface area (Å²) in [5, 5.41) is 0.336. The molecular formula is C16H18BrNO5S2. The zero-order chi connectivity index (χ0) is 18.6. The van der Waals surface area contributed by atoms with Crippen molar-refractivity contribution in [2.24, 2.45) is 0 Å². The van der Waals surface area contributed by atoms with Crippen molar-refractivity contribution in [3.05, 3.63) is 39.2 Å². The van der Waals surface area contributed by atoms with Crippen LogP contribution >= 0.6 is 27.3 Å². The summed E-state index contributed by atoms with van der Waals surface area (Å²) in [6.45, 7) is 5.82. The third kappa shape index (κ3) is 4.74. The molecule has 1 aromatic carbocycles. The van der Waals surface area contributed by atoms with Gasteiger partial charge in [-0.15, -0.1) is 11.3 Å². The van der Waals surface area contributed by atoms with Crippen molar-refractivity contribution >= 4 is 48.3 Å². The van der Waals surface area contributed by atoms with Crippen LogP contribution in [0.15, 0.2) is 33.6 Å². The molecule has 1 N–H and O–H groups in total.